The quantitative estimate of drug-likeness (QED) is 0.229. The number of hydrogen-bond acceptors (Lipinski definition) is 7. The molecule has 1 atom stereocenters. The second-order valence-electron chi connectivity index (χ2n) is 9.36. The standard InChI is InChI=1S/C29H20ClF3N6O5/c30-20-5-10-24(39-16-34-36-37-39)23(15-20)19-11-12-38(26(40)14-19)25(13-17-1-8-22(9-2-17)44-29(31,32)33)27(41)35-21-6-3-18(4-7-21)28(42)43/h1-12,14-16,25H,13H2,(H,35,41)(H,42,43). The van der Waals surface area contributed by atoms with E-state index in [1.54, 1.807) is 24.3 Å². The van der Waals surface area contributed by atoms with Gasteiger partial charge in [0, 0.05) is 35.0 Å². The molecule has 15 heteroatoms. The molecular formula is C29H20ClF3N6O5. The Morgan fingerprint density at radius 2 is 1.73 bits per heavy atom. The molecule has 0 spiro atoms. The highest BCUT2D eigenvalue weighted by molar-refractivity contribution is 6.31. The molecule has 0 saturated heterocycles. The summed E-state index contributed by atoms with van der Waals surface area (Å²) in [5.74, 6) is -2.22. The number of nitrogens with one attached hydrogen (secondary N) is 1. The van der Waals surface area contributed by atoms with E-state index in [2.05, 4.69) is 25.6 Å². The van der Waals surface area contributed by atoms with Crippen LogP contribution in [0, 0.1) is 0 Å². The van der Waals surface area contributed by atoms with Gasteiger partial charge in [-0.3, -0.25) is 9.59 Å². The van der Waals surface area contributed by atoms with Gasteiger partial charge in [-0.05, 0) is 82.2 Å². The van der Waals surface area contributed by atoms with E-state index < -0.39 is 35.6 Å². The number of carboxylic acids is 1. The van der Waals surface area contributed by atoms with Gasteiger partial charge < -0.3 is 19.7 Å². The second kappa shape index (κ2) is 12.4. The van der Waals surface area contributed by atoms with Gasteiger partial charge in [-0.2, -0.15) is 4.68 Å². The topological polar surface area (TPSA) is 141 Å². The molecule has 0 aliphatic heterocycles. The van der Waals surface area contributed by atoms with E-state index >= 15 is 0 Å². The number of tetrazole rings is 1. The summed E-state index contributed by atoms with van der Waals surface area (Å²) in [7, 11) is 0. The first-order chi connectivity index (χ1) is 21.0. The lowest BCUT2D eigenvalue weighted by Gasteiger charge is -2.21. The molecule has 224 valence electrons. The fourth-order valence-electron chi connectivity index (χ4n) is 4.42. The molecule has 2 aromatic heterocycles. The Bertz CT molecular complexity index is 1860. The van der Waals surface area contributed by atoms with Crippen LogP contribution in [0.3, 0.4) is 0 Å². The molecular weight excluding hydrogens is 605 g/mol. The lowest BCUT2D eigenvalue weighted by Crippen LogP contribution is -2.34. The van der Waals surface area contributed by atoms with Crippen LogP contribution >= 0.6 is 11.6 Å². The van der Waals surface area contributed by atoms with Crippen molar-refractivity contribution in [3.8, 4) is 22.6 Å². The van der Waals surface area contributed by atoms with E-state index in [0.717, 1.165) is 12.1 Å². The van der Waals surface area contributed by atoms with Crippen LogP contribution < -0.4 is 15.6 Å². The maximum absolute atomic E-state index is 13.5. The van der Waals surface area contributed by atoms with Gasteiger partial charge in [0.15, 0.2) is 0 Å². The zero-order valence-corrected chi connectivity index (χ0v) is 23.0. The van der Waals surface area contributed by atoms with Crippen molar-refractivity contribution >= 4 is 29.2 Å². The van der Waals surface area contributed by atoms with Crippen molar-refractivity contribution in [3.05, 3.63) is 118 Å². The van der Waals surface area contributed by atoms with Crippen molar-refractivity contribution in [1.82, 2.24) is 24.8 Å². The van der Waals surface area contributed by atoms with Gasteiger partial charge >= 0.3 is 12.3 Å². The van der Waals surface area contributed by atoms with E-state index in [4.69, 9.17) is 16.7 Å². The number of alkyl halides is 3. The zero-order valence-electron chi connectivity index (χ0n) is 22.3. The van der Waals surface area contributed by atoms with Crippen LogP contribution in [0.1, 0.15) is 22.0 Å². The van der Waals surface area contributed by atoms with Crippen molar-refractivity contribution in [1.29, 1.82) is 0 Å². The van der Waals surface area contributed by atoms with E-state index in [-0.39, 0.29) is 17.7 Å². The molecule has 0 aliphatic rings. The van der Waals surface area contributed by atoms with Crippen molar-refractivity contribution < 1.29 is 32.6 Å². The monoisotopic (exact) mass is 624 g/mol. The van der Waals surface area contributed by atoms with Crippen molar-refractivity contribution in [2.75, 3.05) is 5.32 Å². The van der Waals surface area contributed by atoms with E-state index in [9.17, 15) is 27.6 Å². The fourth-order valence-corrected chi connectivity index (χ4v) is 4.59. The molecule has 0 saturated carbocycles. The average Bonchev–Trinajstić information content (AvgIpc) is 3.51. The Kier molecular flexibility index (Phi) is 8.44. The zero-order chi connectivity index (χ0) is 31.4. The van der Waals surface area contributed by atoms with Crippen LogP contribution in [0.4, 0.5) is 18.9 Å². The summed E-state index contributed by atoms with van der Waals surface area (Å²) in [6.07, 6.45) is -2.16. The number of halogens is 4. The van der Waals surface area contributed by atoms with Crippen LogP contribution in [-0.4, -0.2) is 48.1 Å². The van der Waals surface area contributed by atoms with Crippen LogP contribution in [0.15, 0.2) is 96.2 Å². The lowest BCUT2D eigenvalue weighted by atomic mass is 10.0. The van der Waals surface area contributed by atoms with Gasteiger partial charge in [-0.15, -0.1) is 18.3 Å². The predicted octanol–water partition coefficient (Wildman–Crippen LogP) is 5.16. The Hall–Kier alpha value is -5.50. The molecule has 0 aliphatic carbocycles. The number of ether oxygens (including phenoxy) is 1. The molecule has 5 rings (SSSR count). The first-order valence-corrected chi connectivity index (χ1v) is 13.1. The number of anilines is 1. The summed E-state index contributed by atoms with van der Waals surface area (Å²) in [4.78, 5) is 38.2. The highest BCUT2D eigenvalue weighted by atomic mass is 35.5. The number of carbonyl (C=O) groups is 2. The Morgan fingerprint density at radius 1 is 1.00 bits per heavy atom. The van der Waals surface area contributed by atoms with Gasteiger partial charge in [0.1, 0.15) is 18.1 Å². The molecule has 3 aromatic carbocycles. The van der Waals surface area contributed by atoms with Crippen molar-refractivity contribution in [2.24, 2.45) is 0 Å². The number of pyridine rings is 1. The van der Waals surface area contributed by atoms with Crippen LogP contribution in [0.25, 0.3) is 16.8 Å². The molecule has 2 N–H and O–H groups in total. The molecule has 1 amide bonds. The number of rotatable bonds is 9. The molecule has 11 nitrogen and oxygen atoms in total. The minimum Gasteiger partial charge on any atom is -0.478 e. The molecule has 5 aromatic rings. The second-order valence-corrected chi connectivity index (χ2v) is 9.80. The van der Waals surface area contributed by atoms with Gasteiger partial charge in [0.2, 0.25) is 5.91 Å². The normalized spacial score (nSPS) is 12.0. The lowest BCUT2D eigenvalue weighted by molar-refractivity contribution is -0.274. The molecule has 44 heavy (non-hydrogen) atoms. The number of aromatic nitrogens is 5. The molecule has 2 heterocycles. The number of carbonyl (C=O) groups excluding carboxylic acids is 1. The number of nitrogens with zero attached hydrogens (tertiary/aromatic N) is 5. The number of aromatic carboxylic acids is 1. The van der Waals surface area contributed by atoms with Crippen molar-refractivity contribution in [2.45, 2.75) is 18.8 Å². The molecule has 1 unspecified atom stereocenters. The van der Waals surface area contributed by atoms with E-state index in [0.29, 0.717) is 27.4 Å². The highest BCUT2D eigenvalue weighted by Gasteiger charge is 2.31. The Morgan fingerprint density at radius 3 is 2.34 bits per heavy atom. The number of benzene rings is 3. The smallest absolute Gasteiger partial charge is 0.478 e. The molecule has 0 bridgehead atoms. The summed E-state index contributed by atoms with van der Waals surface area (Å²) < 4.78 is 44.4. The third kappa shape index (κ3) is 7.10. The SMILES string of the molecule is O=C(O)c1ccc(NC(=O)C(Cc2ccc(OC(F)(F)F)cc2)n2ccc(-c3cc(Cl)ccc3-n3cnnn3)cc2=O)cc1. The maximum atomic E-state index is 13.5. The van der Waals surface area contributed by atoms with E-state index in [1.165, 1.54) is 64.2 Å². The first-order valence-electron chi connectivity index (χ1n) is 12.7. The van der Waals surface area contributed by atoms with Gasteiger partial charge in [0.25, 0.3) is 5.56 Å². The van der Waals surface area contributed by atoms with Crippen LogP contribution in [0.2, 0.25) is 5.02 Å². The predicted molar refractivity (Wildman–Crippen MR) is 152 cm³/mol. The van der Waals surface area contributed by atoms with Gasteiger partial charge in [-0.25, -0.2) is 4.79 Å². The molecule has 0 radical (unpaired) electrons. The third-order valence-electron chi connectivity index (χ3n) is 6.44. The number of carboxylic acid groups (broad SMARTS) is 1. The van der Waals surface area contributed by atoms with Gasteiger partial charge in [-0.1, -0.05) is 23.7 Å². The maximum Gasteiger partial charge on any atom is 0.573 e. The largest absolute Gasteiger partial charge is 0.573 e. The highest BCUT2D eigenvalue weighted by Crippen LogP contribution is 2.29. The first kappa shape index (κ1) is 30.0. The Balaban J connectivity index is 1.49. The van der Waals surface area contributed by atoms with Crippen molar-refractivity contribution in [3.63, 3.8) is 0 Å². The summed E-state index contributed by atoms with van der Waals surface area (Å²) in [5, 5.41) is 23.4. The Labute approximate surface area is 251 Å². The van der Waals surface area contributed by atoms with Gasteiger partial charge in [0.05, 0.1) is 11.3 Å². The van der Waals surface area contributed by atoms with Crippen LogP contribution in [-0.2, 0) is 11.2 Å². The minimum absolute atomic E-state index is 0.00887. The average molecular weight is 625 g/mol. The number of amides is 1. The fraction of sp³-hybridized carbons (Fsp3) is 0.103. The minimum atomic E-state index is -4.87. The van der Waals surface area contributed by atoms with E-state index in [1.807, 2.05) is 0 Å². The summed E-state index contributed by atoms with van der Waals surface area (Å²) in [6, 6.07) is 17.0. The summed E-state index contributed by atoms with van der Waals surface area (Å²) in [5.41, 5.74) is 1.68. The summed E-state index contributed by atoms with van der Waals surface area (Å²) in [6.45, 7) is 0. The third-order valence-corrected chi connectivity index (χ3v) is 6.67. The number of hydrogen-bond donors (Lipinski definition) is 2. The summed E-state index contributed by atoms with van der Waals surface area (Å²) >= 11 is 6.23. The van der Waals surface area contributed by atoms with Crippen LogP contribution in [0.5, 0.6) is 5.75 Å². The molecule has 0 fully saturated rings.